The number of nitrogens with zero attached hydrogens (tertiary/aromatic N) is 3. The lowest BCUT2D eigenvalue weighted by atomic mass is 9.99. The summed E-state index contributed by atoms with van der Waals surface area (Å²) in [6.45, 7) is 0. The van der Waals surface area contributed by atoms with Gasteiger partial charge >= 0.3 is 0 Å². The van der Waals surface area contributed by atoms with Crippen LogP contribution in [0.5, 0.6) is 0 Å². The number of hydrogen-bond donors (Lipinski definition) is 0. The molecule has 0 aliphatic carbocycles. The predicted molar refractivity (Wildman–Crippen MR) is 266 cm³/mol. The number of anilines is 3. The van der Waals surface area contributed by atoms with Crippen LogP contribution in [0.25, 0.3) is 88.4 Å². The minimum atomic E-state index is 1.10. The summed E-state index contributed by atoms with van der Waals surface area (Å²) in [5.74, 6) is 0. The molecule has 0 bridgehead atoms. The van der Waals surface area contributed by atoms with Gasteiger partial charge in [-0.05, 0) is 137 Å². The van der Waals surface area contributed by atoms with Crippen molar-refractivity contribution in [2.45, 2.75) is 0 Å². The van der Waals surface area contributed by atoms with Crippen LogP contribution in [-0.2, 0) is 0 Å². The van der Waals surface area contributed by atoms with Crippen molar-refractivity contribution in [1.29, 1.82) is 0 Å². The number of benzene rings is 10. The van der Waals surface area contributed by atoms with Crippen LogP contribution in [0.4, 0.5) is 17.1 Å². The van der Waals surface area contributed by atoms with Crippen LogP contribution in [-0.4, -0.2) is 9.13 Å². The van der Waals surface area contributed by atoms with Gasteiger partial charge in [-0.15, -0.1) is 0 Å². The molecule has 10 aromatic carbocycles. The third-order valence-corrected chi connectivity index (χ3v) is 12.5. The summed E-state index contributed by atoms with van der Waals surface area (Å²) < 4.78 is 4.78. The zero-order valence-corrected chi connectivity index (χ0v) is 34.5. The normalized spacial score (nSPS) is 11.5. The Bertz CT molecular complexity index is 3570. The van der Waals surface area contributed by atoms with Crippen LogP contribution in [0.1, 0.15) is 0 Å². The molecule has 0 fully saturated rings. The first-order valence-corrected chi connectivity index (χ1v) is 21.6. The summed E-state index contributed by atoms with van der Waals surface area (Å²) in [7, 11) is 0. The Hall–Kier alpha value is -8.40. The van der Waals surface area contributed by atoms with E-state index in [1.807, 2.05) is 0 Å². The van der Waals surface area contributed by atoms with E-state index in [2.05, 4.69) is 263 Å². The van der Waals surface area contributed by atoms with Crippen molar-refractivity contribution >= 4 is 60.7 Å². The number of aromatic nitrogens is 2. The summed E-state index contributed by atoms with van der Waals surface area (Å²) in [6.07, 6.45) is 0. The van der Waals surface area contributed by atoms with E-state index < -0.39 is 0 Å². The number of hydrogen-bond acceptors (Lipinski definition) is 1. The highest BCUT2D eigenvalue weighted by Crippen LogP contribution is 2.41. The summed E-state index contributed by atoms with van der Waals surface area (Å²) in [6, 6.07) is 90.0. The monoisotopic (exact) mass is 803 g/mol. The van der Waals surface area contributed by atoms with Crippen molar-refractivity contribution < 1.29 is 0 Å². The summed E-state index contributed by atoms with van der Waals surface area (Å²) in [5, 5.41) is 4.96. The maximum atomic E-state index is 2.40. The van der Waals surface area contributed by atoms with E-state index in [0.717, 1.165) is 22.7 Å². The van der Waals surface area contributed by atoms with Crippen molar-refractivity contribution in [3.63, 3.8) is 0 Å². The third kappa shape index (κ3) is 6.38. The van der Waals surface area contributed by atoms with E-state index >= 15 is 0 Å². The van der Waals surface area contributed by atoms with Crippen molar-refractivity contribution in [1.82, 2.24) is 9.13 Å². The van der Waals surface area contributed by atoms with Crippen LogP contribution in [0, 0.1) is 0 Å². The summed E-state index contributed by atoms with van der Waals surface area (Å²) in [4.78, 5) is 2.33. The predicted octanol–water partition coefficient (Wildman–Crippen LogP) is 16.4. The second kappa shape index (κ2) is 15.3. The molecule has 3 nitrogen and oxygen atoms in total. The molecule has 0 unspecified atom stereocenters. The average molecular weight is 804 g/mol. The molecular weight excluding hydrogens is 763 g/mol. The van der Waals surface area contributed by atoms with Crippen LogP contribution in [0.15, 0.2) is 249 Å². The molecule has 0 radical (unpaired) electrons. The van der Waals surface area contributed by atoms with Crippen LogP contribution in [0.3, 0.4) is 0 Å². The van der Waals surface area contributed by atoms with Gasteiger partial charge in [0.15, 0.2) is 0 Å². The highest BCUT2D eigenvalue weighted by atomic mass is 15.1. The van der Waals surface area contributed by atoms with Gasteiger partial charge in [-0.2, -0.15) is 0 Å². The molecular formula is C60H41N3. The molecule has 0 saturated heterocycles. The minimum absolute atomic E-state index is 1.10. The molecule has 0 amide bonds. The molecule has 0 atom stereocenters. The molecule has 0 saturated carbocycles. The Morgan fingerprint density at radius 1 is 0.222 bits per heavy atom. The number of fused-ring (bicyclic) bond motifs is 6. The summed E-state index contributed by atoms with van der Waals surface area (Å²) in [5.41, 5.74) is 17.6. The molecule has 0 spiro atoms. The second-order valence-corrected chi connectivity index (χ2v) is 16.2. The molecule has 63 heavy (non-hydrogen) atoms. The van der Waals surface area contributed by atoms with E-state index in [4.69, 9.17) is 0 Å². The van der Waals surface area contributed by atoms with Gasteiger partial charge in [0.25, 0.3) is 0 Å². The zero-order chi connectivity index (χ0) is 41.7. The van der Waals surface area contributed by atoms with E-state index in [9.17, 15) is 0 Å². The lowest BCUT2D eigenvalue weighted by molar-refractivity contribution is 1.18. The van der Waals surface area contributed by atoms with Crippen molar-refractivity contribution in [3.05, 3.63) is 249 Å². The van der Waals surface area contributed by atoms with E-state index in [1.54, 1.807) is 0 Å². The van der Waals surface area contributed by atoms with Crippen molar-refractivity contribution in [2.75, 3.05) is 4.90 Å². The average Bonchev–Trinajstić information content (AvgIpc) is 3.87. The maximum Gasteiger partial charge on any atom is 0.0541 e. The fourth-order valence-corrected chi connectivity index (χ4v) is 9.51. The minimum Gasteiger partial charge on any atom is -0.311 e. The van der Waals surface area contributed by atoms with Gasteiger partial charge in [0, 0.05) is 50.0 Å². The molecule has 296 valence electrons. The fraction of sp³-hybridized carbons (Fsp3) is 0. The van der Waals surface area contributed by atoms with Gasteiger partial charge in [0.2, 0.25) is 0 Å². The van der Waals surface area contributed by atoms with Gasteiger partial charge < -0.3 is 14.0 Å². The lowest BCUT2D eigenvalue weighted by Crippen LogP contribution is -2.09. The maximum absolute atomic E-state index is 2.40. The van der Waals surface area contributed by atoms with Gasteiger partial charge in [0.1, 0.15) is 0 Å². The van der Waals surface area contributed by atoms with E-state index in [1.165, 1.54) is 82.7 Å². The van der Waals surface area contributed by atoms with Gasteiger partial charge in [0.05, 0.1) is 22.1 Å². The van der Waals surface area contributed by atoms with Crippen LogP contribution >= 0.6 is 0 Å². The summed E-state index contributed by atoms with van der Waals surface area (Å²) >= 11 is 0. The molecule has 2 heterocycles. The SMILES string of the molecule is c1ccc(-c2ccc(N(c3ccccc3)c3ccc(-c4ccc5c(c4)c4cc(-c6ccc7c(c6)c6ccccc6n7-c6ccccc6)ccc4n5-c4ccccc4)cc3)cc2)cc1. The Morgan fingerprint density at radius 2 is 0.540 bits per heavy atom. The topological polar surface area (TPSA) is 13.1 Å². The molecule has 3 heteroatoms. The van der Waals surface area contributed by atoms with Gasteiger partial charge in [-0.1, -0.05) is 146 Å². The van der Waals surface area contributed by atoms with E-state index in [-0.39, 0.29) is 0 Å². The largest absolute Gasteiger partial charge is 0.311 e. The number of para-hydroxylation sites is 4. The number of rotatable bonds is 8. The van der Waals surface area contributed by atoms with Crippen molar-refractivity contribution in [2.24, 2.45) is 0 Å². The fourth-order valence-electron chi connectivity index (χ4n) is 9.51. The smallest absolute Gasteiger partial charge is 0.0541 e. The van der Waals surface area contributed by atoms with E-state index in [0.29, 0.717) is 0 Å². The lowest BCUT2D eigenvalue weighted by Gasteiger charge is -2.26. The quantitative estimate of drug-likeness (QED) is 0.149. The Kier molecular flexibility index (Phi) is 8.83. The molecule has 12 aromatic rings. The van der Waals surface area contributed by atoms with Crippen LogP contribution in [0.2, 0.25) is 0 Å². The Morgan fingerprint density at radius 3 is 1.03 bits per heavy atom. The first-order valence-electron chi connectivity index (χ1n) is 21.6. The third-order valence-electron chi connectivity index (χ3n) is 12.5. The molecule has 0 aliphatic heterocycles. The van der Waals surface area contributed by atoms with Crippen molar-refractivity contribution in [3.8, 4) is 44.8 Å². The van der Waals surface area contributed by atoms with Gasteiger partial charge in [-0.3, -0.25) is 0 Å². The molecule has 0 N–H and O–H groups in total. The zero-order valence-electron chi connectivity index (χ0n) is 34.5. The highest BCUT2D eigenvalue weighted by molar-refractivity contribution is 6.13. The first kappa shape index (κ1) is 36.5. The Labute approximate surface area is 366 Å². The Balaban J connectivity index is 0.957. The first-order chi connectivity index (χ1) is 31.2. The molecule has 2 aromatic heterocycles. The standard InChI is InChI=1S/C60H41N3/c1-5-15-42(16-6-1)43-25-32-51(33-26-43)61(48-17-7-2-8-18-48)52-34-27-44(28-35-52)45-29-36-59-55(39-45)56-41-47(31-38-60(56)63(59)50-21-11-4-12-22-50)46-30-37-58-54(40-46)53-23-13-14-24-57(53)62(58)49-19-9-3-10-20-49/h1-41H. The highest BCUT2D eigenvalue weighted by Gasteiger charge is 2.18. The molecule has 12 rings (SSSR count). The molecule has 0 aliphatic rings. The van der Waals surface area contributed by atoms with Crippen LogP contribution < -0.4 is 4.90 Å². The van der Waals surface area contributed by atoms with Gasteiger partial charge in [-0.25, -0.2) is 0 Å². The second-order valence-electron chi connectivity index (χ2n) is 16.2.